The van der Waals surface area contributed by atoms with Gasteiger partial charge in [-0.1, -0.05) is 30.3 Å². The Morgan fingerprint density at radius 2 is 1.81 bits per heavy atom. The van der Waals surface area contributed by atoms with E-state index in [-0.39, 0.29) is 30.1 Å². The Morgan fingerprint density at radius 1 is 1.16 bits per heavy atom. The number of nitrogens with one attached hydrogen (secondary N) is 2. The fraction of sp³-hybridized carbons (Fsp3) is 0.591. The summed E-state index contributed by atoms with van der Waals surface area (Å²) in [5.41, 5.74) is 7.05. The van der Waals surface area contributed by atoms with Crippen molar-refractivity contribution < 1.29 is 19.5 Å². The molecule has 1 aromatic carbocycles. The van der Waals surface area contributed by atoms with Crippen molar-refractivity contribution >= 4 is 42.0 Å². The Bertz CT molecular complexity index is 699. The van der Waals surface area contributed by atoms with E-state index in [4.69, 9.17) is 5.73 Å². The minimum Gasteiger partial charge on any atom is -0.480 e. The van der Waals surface area contributed by atoms with Crippen molar-refractivity contribution in [2.75, 3.05) is 18.6 Å². The van der Waals surface area contributed by atoms with Gasteiger partial charge in [0.25, 0.3) is 0 Å². The van der Waals surface area contributed by atoms with E-state index in [1.165, 1.54) is 0 Å². The van der Waals surface area contributed by atoms with Crippen LogP contribution in [0.2, 0.25) is 0 Å². The van der Waals surface area contributed by atoms with Crippen LogP contribution in [0.25, 0.3) is 0 Å². The van der Waals surface area contributed by atoms with Crippen molar-refractivity contribution in [1.82, 2.24) is 10.6 Å². The molecule has 2 unspecified atom stereocenters. The van der Waals surface area contributed by atoms with Gasteiger partial charge in [0.2, 0.25) is 11.8 Å². The zero-order valence-electron chi connectivity index (χ0n) is 17.9. The Hall–Kier alpha value is -1.77. The van der Waals surface area contributed by atoms with Gasteiger partial charge in [0, 0.05) is 12.5 Å². The number of hydrogen-bond donors (Lipinski definition) is 4. The van der Waals surface area contributed by atoms with Gasteiger partial charge in [-0.25, -0.2) is 4.79 Å². The molecular formula is C22H34ClN3O4S. The van der Waals surface area contributed by atoms with Gasteiger partial charge in [-0.05, 0) is 62.0 Å². The zero-order valence-corrected chi connectivity index (χ0v) is 19.6. The predicted molar refractivity (Wildman–Crippen MR) is 126 cm³/mol. The van der Waals surface area contributed by atoms with Gasteiger partial charge in [-0.2, -0.15) is 11.8 Å². The molecular weight excluding hydrogens is 438 g/mol. The fourth-order valence-electron chi connectivity index (χ4n) is 3.75. The van der Waals surface area contributed by atoms with Gasteiger partial charge in [0.1, 0.15) is 6.04 Å². The molecule has 7 nitrogen and oxygen atoms in total. The molecule has 1 aromatic rings. The lowest BCUT2D eigenvalue weighted by atomic mass is 9.81. The maximum Gasteiger partial charge on any atom is 0.326 e. The Kier molecular flexibility index (Phi) is 12.6. The van der Waals surface area contributed by atoms with Crippen molar-refractivity contribution in [3.05, 3.63) is 35.9 Å². The summed E-state index contributed by atoms with van der Waals surface area (Å²) in [7, 11) is 0. The summed E-state index contributed by atoms with van der Waals surface area (Å²) in [6.45, 7) is 0.557. The molecule has 2 atom stereocenters. The molecule has 1 saturated carbocycles. The third-order valence-corrected chi connectivity index (χ3v) is 6.29. The first-order valence-corrected chi connectivity index (χ1v) is 11.9. The summed E-state index contributed by atoms with van der Waals surface area (Å²) in [4.78, 5) is 36.0. The fourth-order valence-corrected chi connectivity index (χ4v) is 4.22. The second kappa shape index (κ2) is 14.3. The summed E-state index contributed by atoms with van der Waals surface area (Å²) in [5.74, 6) is -0.466. The van der Waals surface area contributed by atoms with Gasteiger partial charge in [-0.15, -0.1) is 12.4 Å². The first kappa shape index (κ1) is 27.3. The highest BCUT2D eigenvalue weighted by molar-refractivity contribution is 7.98. The molecule has 0 saturated heterocycles. The molecule has 0 spiro atoms. The molecule has 0 bridgehead atoms. The second-order valence-corrected chi connectivity index (χ2v) is 8.93. The second-order valence-electron chi connectivity index (χ2n) is 7.94. The number of thioether (sulfide) groups is 1. The Morgan fingerprint density at radius 3 is 2.39 bits per heavy atom. The van der Waals surface area contributed by atoms with Gasteiger partial charge in [0.05, 0.1) is 6.04 Å². The predicted octanol–water partition coefficient (Wildman–Crippen LogP) is 2.22. The quantitative estimate of drug-likeness (QED) is 0.392. The van der Waals surface area contributed by atoms with Crippen LogP contribution >= 0.6 is 24.2 Å². The summed E-state index contributed by atoms with van der Waals surface area (Å²) in [5, 5.41) is 14.9. The molecule has 0 aromatic heterocycles. The van der Waals surface area contributed by atoms with Crippen LogP contribution in [0.4, 0.5) is 0 Å². The van der Waals surface area contributed by atoms with Crippen molar-refractivity contribution in [1.29, 1.82) is 0 Å². The lowest BCUT2D eigenvalue weighted by Crippen LogP contribution is -2.46. The first-order chi connectivity index (χ1) is 14.4. The average Bonchev–Trinajstić information content (AvgIpc) is 2.75. The maximum absolute atomic E-state index is 12.4. The van der Waals surface area contributed by atoms with Crippen LogP contribution in [-0.4, -0.2) is 53.5 Å². The number of benzene rings is 1. The third kappa shape index (κ3) is 9.49. The molecule has 2 amide bonds. The number of halogens is 1. The zero-order chi connectivity index (χ0) is 21.9. The molecule has 31 heavy (non-hydrogen) atoms. The topological polar surface area (TPSA) is 122 Å². The first-order valence-electron chi connectivity index (χ1n) is 10.5. The van der Waals surface area contributed by atoms with Crippen molar-refractivity contribution in [3.8, 4) is 0 Å². The van der Waals surface area contributed by atoms with Crippen LogP contribution in [0.15, 0.2) is 30.3 Å². The molecule has 2 rings (SSSR count). The molecule has 0 aliphatic heterocycles. The Balaban J connectivity index is 0.00000480. The van der Waals surface area contributed by atoms with Gasteiger partial charge in [0.15, 0.2) is 0 Å². The summed E-state index contributed by atoms with van der Waals surface area (Å²) in [6.07, 6.45) is 5.90. The normalized spacial score (nSPS) is 20.1. The Labute approximate surface area is 194 Å². The number of carbonyl (C=O) groups is 3. The molecule has 9 heteroatoms. The molecule has 0 heterocycles. The van der Waals surface area contributed by atoms with Crippen LogP contribution in [-0.2, 0) is 20.8 Å². The highest BCUT2D eigenvalue weighted by atomic mass is 35.5. The molecule has 1 aliphatic carbocycles. The van der Waals surface area contributed by atoms with Crippen LogP contribution in [0.1, 0.15) is 37.7 Å². The number of amides is 2. The largest absolute Gasteiger partial charge is 0.480 e. The summed E-state index contributed by atoms with van der Waals surface area (Å²) in [6, 6.07) is 8.28. The van der Waals surface area contributed by atoms with Gasteiger partial charge in [-0.3, -0.25) is 9.59 Å². The minimum atomic E-state index is -0.986. The number of carboxylic acids is 1. The van der Waals surface area contributed by atoms with E-state index in [0.29, 0.717) is 43.9 Å². The van der Waals surface area contributed by atoms with E-state index in [1.54, 1.807) is 11.8 Å². The van der Waals surface area contributed by atoms with Crippen LogP contribution < -0.4 is 16.4 Å². The van der Waals surface area contributed by atoms with E-state index in [2.05, 4.69) is 10.6 Å². The number of nitrogens with two attached hydrogens (primary N) is 1. The van der Waals surface area contributed by atoms with E-state index in [1.807, 2.05) is 36.6 Å². The van der Waals surface area contributed by atoms with E-state index in [9.17, 15) is 19.5 Å². The highest BCUT2D eigenvalue weighted by Crippen LogP contribution is 2.28. The van der Waals surface area contributed by atoms with Gasteiger partial charge < -0.3 is 21.5 Å². The number of carbonyl (C=O) groups excluding carboxylic acids is 2. The SMILES string of the molecule is CSCCC(NC(=O)C1CCC(CNC(=O)C(N)Cc2ccccc2)CC1)C(=O)O.Cl. The molecule has 1 aliphatic rings. The number of aliphatic carboxylic acids is 1. The van der Waals surface area contributed by atoms with Crippen LogP contribution in [0, 0.1) is 11.8 Å². The van der Waals surface area contributed by atoms with E-state index < -0.39 is 18.1 Å². The van der Waals surface area contributed by atoms with Crippen LogP contribution in [0.5, 0.6) is 0 Å². The number of carboxylic acid groups (broad SMARTS) is 1. The smallest absolute Gasteiger partial charge is 0.326 e. The highest BCUT2D eigenvalue weighted by Gasteiger charge is 2.29. The number of rotatable bonds is 11. The third-order valence-electron chi connectivity index (χ3n) is 5.64. The standard InChI is InChI=1S/C22H33N3O4S.ClH/c1-30-12-11-19(22(28)29)25-20(26)17-9-7-16(8-10-17)14-24-21(27)18(23)13-15-5-3-2-4-6-15;/h2-6,16-19H,7-14,23H2,1H3,(H,24,27)(H,25,26)(H,28,29);1H. The van der Waals surface area contributed by atoms with Gasteiger partial charge >= 0.3 is 5.97 Å². The summed E-state index contributed by atoms with van der Waals surface area (Å²) >= 11 is 1.56. The van der Waals surface area contributed by atoms with Crippen LogP contribution in [0.3, 0.4) is 0 Å². The lowest BCUT2D eigenvalue weighted by Gasteiger charge is -2.29. The molecule has 5 N–H and O–H groups in total. The average molecular weight is 472 g/mol. The minimum absolute atomic E-state index is 0. The molecule has 0 radical (unpaired) electrons. The molecule has 1 fully saturated rings. The lowest BCUT2D eigenvalue weighted by molar-refractivity contribution is -0.142. The summed E-state index contributed by atoms with van der Waals surface area (Å²) < 4.78 is 0. The monoisotopic (exact) mass is 471 g/mol. The van der Waals surface area contributed by atoms with E-state index in [0.717, 1.165) is 18.4 Å². The maximum atomic E-state index is 12.4. The van der Waals surface area contributed by atoms with Crippen molar-refractivity contribution in [2.24, 2.45) is 17.6 Å². The number of hydrogen-bond acceptors (Lipinski definition) is 5. The molecule has 174 valence electrons. The van der Waals surface area contributed by atoms with E-state index >= 15 is 0 Å². The van der Waals surface area contributed by atoms with Crippen molar-refractivity contribution in [2.45, 2.75) is 50.6 Å². The van der Waals surface area contributed by atoms with Crippen molar-refractivity contribution in [3.63, 3.8) is 0 Å².